The highest BCUT2D eigenvalue weighted by Gasteiger charge is 2.28. The molecule has 20 heavy (non-hydrogen) atoms. The first-order valence-corrected chi connectivity index (χ1v) is 7.09. The monoisotopic (exact) mass is 277 g/mol. The van der Waals surface area contributed by atoms with Gasteiger partial charge in [0.2, 0.25) is 5.91 Å². The van der Waals surface area contributed by atoms with Crippen molar-refractivity contribution in [2.75, 3.05) is 24.6 Å². The number of hydrogen-bond donors (Lipinski definition) is 2. The molecule has 1 aromatic rings. The van der Waals surface area contributed by atoms with E-state index in [0.717, 1.165) is 24.2 Å². The number of carbonyl (C=O) groups is 1. The Morgan fingerprint density at radius 1 is 1.50 bits per heavy atom. The molecule has 0 aromatic carbocycles. The van der Waals surface area contributed by atoms with Crippen LogP contribution in [0.3, 0.4) is 0 Å². The van der Waals surface area contributed by atoms with Crippen LogP contribution in [0.4, 0.5) is 11.6 Å². The highest BCUT2D eigenvalue weighted by atomic mass is 16.2. The molecular formula is C14H23N5O. The average Bonchev–Trinajstić information content (AvgIpc) is 3.26. The lowest BCUT2D eigenvalue weighted by atomic mass is 10.2. The summed E-state index contributed by atoms with van der Waals surface area (Å²) in [6, 6.07) is -0.333. The van der Waals surface area contributed by atoms with Crippen LogP contribution >= 0.6 is 0 Å². The zero-order valence-electron chi connectivity index (χ0n) is 12.6. The van der Waals surface area contributed by atoms with E-state index in [0.29, 0.717) is 24.1 Å². The van der Waals surface area contributed by atoms with Gasteiger partial charge in [-0.1, -0.05) is 0 Å². The molecule has 3 N–H and O–H groups in total. The maximum absolute atomic E-state index is 12.1. The highest BCUT2D eigenvalue weighted by Crippen LogP contribution is 2.39. The molecule has 0 radical (unpaired) electrons. The summed E-state index contributed by atoms with van der Waals surface area (Å²) in [5.41, 5.74) is 6.74. The molecule has 1 aromatic heterocycles. The molecule has 1 amide bonds. The van der Waals surface area contributed by atoms with E-state index >= 15 is 0 Å². The minimum atomic E-state index is -0.333. The SMILES string of the molecule is CCN(C)C(=O)C(C)Nc1nc(C2CC2)nc(N)c1C. The van der Waals surface area contributed by atoms with Gasteiger partial charge in [-0.15, -0.1) is 0 Å². The van der Waals surface area contributed by atoms with Crippen LogP contribution in [-0.2, 0) is 4.79 Å². The van der Waals surface area contributed by atoms with Crippen molar-refractivity contribution in [3.8, 4) is 0 Å². The Morgan fingerprint density at radius 3 is 2.70 bits per heavy atom. The number of nitrogens with two attached hydrogens (primary N) is 1. The van der Waals surface area contributed by atoms with E-state index in [1.165, 1.54) is 0 Å². The summed E-state index contributed by atoms with van der Waals surface area (Å²) in [6.45, 7) is 6.34. The Morgan fingerprint density at radius 2 is 2.15 bits per heavy atom. The maximum atomic E-state index is 12.1. The first-order chi connectivity index (χ1) is 9.43. The van der Waals surface area contributed by atoms with E-state index in [2.05, 4.69) is 15.3 Å². The Bertz CT molecular complexity index is 513. The number of nitrogens with zero attached hydrogens (tertiary/aromatic N) is 3. The summed E-state index contributed by atoms with van der Waals surface area (Å²) in [4.78, 5) is 22.6. The summed E-state index contributed by atoms with van der Waals surface area (Å²) in [7, 11) is 1.79. The van der Waals surface area contributed by atoms with E-state index in [1.807, 2.05) is 20.8 Å². The molecule has 1 saturated carbocycles. The average molecular weight is 277 g/mol. The predicted molar refractivity (Wildman–Crippen MR) is 79.6 cm³/mol. The summed E-state index contributed by atoms with van der Waals surface area (Å²) < 4.78 is 0. The predicted octanol–water partition coefficient (Wildman–Crippen LogP) is 1.52. The second-order valence-corrected chi connectivity index (χ2v) is 5.43. The second kappa shape index (κ2) is 5.64. The largest absolute Gasteiger partial charge is 0.383 e. The van der Waals surface area contributed by atoms with Crippen LogP contribution in [0.2, 0.25) is 0 Å². The summed E-state index contributed by atoms with van der Waals surface area (Å²) in [6.07, 6.45) is 2.24. The molecule has 1 heterocycles. The van der Waals surface area contributed by atoms with Crippen LogP contribution in [-0.4, -0.2) is 40.4 Å². The first kappa shape index (κ1) is 14.6. The number of carbonyl (C=O) groups excluding carboxylic acids is 1. The molecule has 0 bridgehead atoms. The molecule has 2 rings (SSSR count). The molecule has 1 fully saturated rings. The molecule has 1 unspecified atom stereocenters. The molecule has 110 valence electrons. The highest BCUT2D eigenvalue weighted by molar-refractivity contribution is 5.84. The van der Waals surface area contributed by atoms with Crippen molar-refractivity contribution in [3.63, 3.8) is 0 Å². The minimum absolute atomic E-state index is 0.0389. The van der Waals surface area contributed by atoms with Crippen LogP contribution in [0.5, 0.6) is 0 Å². The van der Waals surface area contributed by atoms with Gasteiger partial charge in [0.15, 0.2) is 0 Å². The number of anilines is 2. The molecule has 6 nitrogen and oxygen atoms in total. The van der Waals surface area contributed by atoms with Gasteiger partial charge in [-0.2, -0.15) is 0 Å². The lowest BCUT2D eigenvalue weighted by molar-refractivity contribution is -0.130. The lowest BCUT2D eigenvalue weighted by Crippen LogP contribution is -2.39. The molecule has 0 spiro atoms. The van der Waals surface area contributed by atoms with Crippen molar-refractivity contribution in [2.24, 2.45) is 0 Å². The molecule has 1 aliphatic carbocycles. The molecule has 1 atom stereocenters. The second-order valence-electron chi connectivity index (χ2n) is 5.43. The molecule has 0 saturated heterocycles. The van der Waals surface area contributed by atoms with Gasteiger partial charge in [0.25, 0.3) is 0 Å². The zero-order chi connectivity index (χ0) is 14.9. The Kier molecular flexibility index (Phi) is 4.11. The number of rotatable bonds is 5. The van der Waals surface area contributed by atoms with Gasteiger partial charge >= 0.3 is 0 Å². The van der Waals surface area contributed by atoms with Crippen molar-refractivity contribution in [2.45, 2.75) is 45.6 Å². The zero-order valence-corrected chi connectivity index (χ0v) is 12.6. The van der Waals surface area contributed by atoms with Gasteiger partial charge < -0.3 is 16.0 Å². The molecule has 1 aliphatic rings. The molecule has 6 heteroatoms. The van der Waals surface area contributed by atoms with Gasteiger partial charge in [0.1, 0.15) is 23.5 Å². The minimum Gasteiger partial charge on any atom is -0.383 e. The summed E-state index contributed by atoms with van der Waals surface area (Å²) >= 11 is 0. The fraction of sp³-hybridized carbons (Fsp3) is 0.643. The Hall–Kier alpha value is -1.85. The quantitative estimate of drug-likeness (QED) is 0.852. The third-order valence-electron chi connectivity index (χ3n) is 3.72. The number of aromatic nitrogens is 2. The fourth-order valence-corrected chi connectivity index (χ4v) is 1.97. The summed E-state index contributed by atoms with van der Waals surface area (Å²) in [5, 5.41) is 3.17. The third kappa shape index (κ3) is 3.00. The van der Waals surface area contributed by atoms with Crippen molar-refractivity contribution >= 4 is 17.5 Å². The third-order valence-corrected chi connectivity index (χ3v) is 3.72. The Balaban J connectivity index is 2.17. The summed E-state index contributed by atoms with van der Waals surface area (Å²) in [5.74, 6) is 2.43. The first-order valence-electron chi connectivity index (χ1n) is 7.09. The van der Waals surface area contributed by atoms with Gasteiger partial charge in [-0.3, -0.25) is 4.79 Å². The van der Waals surface area contributed by atoms with Crippen LogP contribution < -0.4 is 11.1 Å². The van der Waals surface area contributed by atoms with Crippen molar-refractivity contribution in [1.82, 2.24) is 14.9 Å². The topological polar surface area (TPSA) is 84.1 Å². The number of hydrogen-bond acceptors (Lipinski definition) is 5. The van der Waals surface area contributed by atoms with E-state index in [4.69, 9.17) is 5.73 Å². The van der Waals surface area contributed by atoms with Crippen LogP contribution in [0.15, 0.2) is 0 Å². The van der Waals surface area contributed by atoms with Crippen LogP contribution in [0, 0.1) is 6.92 Å². The molecular weight excluding hydrogens is 254 g/mol. The van der Waals surface area contributed by atoms with E-state index < -0.39 is 0 Å². The maximum Gasteiger partial charge on any atom is 0.244 e. The number of likely N-dealkylation sites (N-methyl/N-ethyl adjacent to an activating group) is 1. The number of amides is 1. The van der Waals surface area contributed by atoms with Gasteiger partial charge in [-0.05, 0) is 33.6 Å². The van der Waals surface area contributed by atoms with E-state index in [1.54, 1.807) is 11.9 Å². The van der Waals surface area contributed by atoms with Crippen molar-refractivity contribution in [3.05, 3.63) is 11.4 Å². The van der Waals surface area contributed by atoms with Gasteiger partial charge in [-0.25, -0.2) is 9.97 Å². The van der Waals surface area contributed by atoms with E-state index in [9.17, 15) is 4.79 Å². The van der Waals surface area contributed by atoms with Crippen LogP contribution in [0.25, 0.3) is 0 Å². The lowest BCUT2D eigenvalue weighted by Gasteiger charge is -2.22. The van der Waals surface area contributed by atoms with Gasteiger partial charge in [0.05, 0.1) is 0 Å². The smallest absolute Gasteiger partial charge is 0.244 e. The van der Waals surface area contributed by atoms with Gasteiger partial charge in [0, 0.05) is 25.1 Å². The Labute approximate surface area is 119 Å². The van der Waals surface area contributed by atoms with Crippen molar-refractivity contribution in [1.29, 1.82) is 0 Å². The van der Waals surface area contributed by atoms with Crippen LogP contribution in [0.1, 0.15) is 44.0 Å². The molecule has 0 aliphatic heterocycles. The fourth-order valence-electron chi connectivity index (χ4n) is 1.97. The van der Waals surface area contributed by atoms with E-state index in [-0.39, 0.29) is 11.9 Å². The normalized spacial score (nSPS) is 15.8. The van der Waals surface area contributed by atoms with Crippen molar-refractivity contribution < 1.29 is 4.79 Å². The standard InChI is InChI=1S/C14H23N5O/c1-5-19(4)14(20)9(3)16-12-8(2)11(15)17-13(18-12)10-6-7-10/h9-10H,5-7H2,1-4H3,(H3,15,16,17,18). The number of nitrogen functional groups attached to an aromatic ring is 1. The number of nitrogens with one attached hydrogen (secondary N) is 1.